The third-order valence-electron chi connectivity index (χ3n) is 4.84. The van der Waals surface area contributed by atoms with Gasteiger partial charge in [-0.25, -0.2) is 4.79 Å². The maximum Gasteiger partial charge on any atom is 0.330 e. The van der Waals surface area contributed by atoms with Crippen molar-refractivity contribution in [2.24, 2.45) is 0 Å². The molecule has 1 aliphatic rings. The molecule has 0 amide bonds. The van der Waals surface area contributed by atoms with Gasteiger partial charge in [0.15, 0.2) is 0 Å². The SMILES string of the molecule is COC(=O)/C=C/c1cc2c(cc1C)C(C)(C)CCC2(C)C. The van der Waals surface area contributed by atoms with Gasteiger partial charge in [0.25, 0.3) is 0 Å². The average molecular weight is 286 g/mol. The Bertz CT molecular complexity index is 592. The monoisotopic (exact) mass is 286 g/mol. The van der Waals surface area contributed by atoms with Crippen LogP contribution in [0.15, 0.2) is 18.2 Å². The van der Waals surface area contributed by atoms with Crippen molar-refractivity contribution in [3.8, 4) is 0 Å². The number of carbonyl (C=O) groups is 1. The van der Waals surface area contributed by atoms with Crippen LogP contribution in [0.1, 0.15) is 62.8 Å². The normalized spacial score (nSPS) is 19.3. The van der Waals surface area contributed by atoms with Crippen LogP contribution in [-0.4, -0.2) is 13.1 Å². The van der Waals surface area contributed by atoms with Gasteiger partial charge in [0.1, 0.15) is 0 Å². The van der Waals surface area contributed by atoms with Crippen LogP contribution in [0.3, 0.4) is 0 Å². The van der Waals surface area contributed by atoms with E-state index in [9.17, 15) is 4.79 Å². The lowest BCUT2D eigenvalue weighted by molar-refractivity contribution is -0.134. The molecule has 0 saturated carbocycles. The lowest BCUT2D eigenvalue weighted by Crippen LogP contribution is -2.34. The van der Waals surface area contributed by atoms with E-state index in [0.29, 0.717) is 0 Å². The van der Waals surface area contributed by atoms with Crippen molar-refractivity contribution in [2.45, 2.75) is 58.3 Å². The van der Waals surface area contributed by atoms with Crippen molar-refractivity contribution in [2.75, 3.05) is 7.11 Å². The average Bonchev–Trinajstić information content (AvgIpc) is 2.42. The van der Waals surface area contributed by atoms with Crippen LogP contribution < -0.4 is 0 Å². The number of benzene rings is 1. The predicted molar refractivity (Wildman–Crippen MR) is 87.5 cm³/mol. The second-order valence-electron chi connectivity index (χ2n) is 7.38. The zero-order valence-electron chi connectivity index (χ0n) is 14.0. The molecule has 1 aromatic rings. The second-order valence-corrected chi connectivity index (χ2v) is 7.38. The Labute approximate surface area is 128 Å². The fraction of sp³-hybridized carbons (Fsp3) is 0.526. The Balaban J connectivity index is 2.54. The first kappa shape index (κ1) is 15.8. The van der Waals surface area contributed by atoms with Gasteiger partial charge in [0.2, 0.25) is 0 Å². The topological polar surface area (TPSA) is 26.3 Å². The molecule has 0 aliphatic heterocycles. The Hall–Kier alpha value is -1.57. The summed E-state index contributed by atoms with van der Waals surface area (Å²) in [7, 11) is 1.40. The lowest BCUT2D eigenvalue weighted by Gasteiger charge is -2.42. The van der Waals surface area contributed by atoms with E-state index in [1.807, 2.05) is 6.08 Å². The molecule has 2 nitrogen and oxygen atoms in total. The highest BCUT2D eigenvalue weighted by molar-refractivity contribution is 5.87. The molecule has 0 N–H and O–H groups in total. The molecule has 0 bridgehead atoms. The molecule has 1 aliphatic carbocycles. The number of fused-ring (bicyclic) bond motifs is 1. The van der Waals surface area contributed by atoms with Crippen LogP contribution in [0, 0.1) is 6.92 Å². The summed E-state index contributed by atoms with van der Waals surface area (Å²) < 4.78 is 4.67. The first-order chi connectivity index (χ1) is 9.67. The number of aryl methyl sites for hydroxylation is 1. The van der Waals surface area contributed by atoms with E-state index in [2.05, 4.69) is 51.5 Å². The quantitative estimate of drug-likeness (QED) is 0.590. The molecular formula is C19H26O2. The molecule has 114 valence electrons. The van der Waals surface area contributed by atoms with Crippen molar-refractivity contribution in [3.63, 3.8) is 0 Å². The molecule has 0 heterocycles. The Morgan fingerprint density at radius 2 is 1.62 bits per heavy atom. The molecule has 2 heteroatoms. The number of rotatable bonds is 2. The fourth-order valence-corrected chi connectivity index (χ4v) is 3.14. The predicted octanol–water partition coefficient (Wildman–Crippen LogP) is 4.53. The van der Waals surface area contributed by atoms with Gasteiger partial charge in [-0.05, 0) is 58.9 Å². The van der Waals surface area contributed by atoms with Crippen molar-refractivity contribution in [3.05, 3.63) is 40.5 Å². The molecule has 21 heavy (non-hydrogen) atoms. The molecular weight excluding hydrogens is 260 g/mol. The molecule has 0 atom stereocenters. The third kappa shape index (κ3) is 3.04. The maximum absolute atomic E-state index is 11.3. The van der Waals surface area contributed by atoms with Crippen LogP contribution in [0.5, 0.6) is 0 Å². The number of esters is 1. The summed E-state index contributed by atoms with van der Waals surface area (Å²) in [6, 6.07) is 4.55. The first-order valence-electron chi connectivity index (χ1n) is 7.59. The highest BCUT2D eigenvalue weighted by Crippen LogP contribution is 2.46. The number of hydrogen-bond donors (Lipinski definition) is 0. The summed E-state index contributed by atoms with van der Waals surface area (Å²) in [5.41, 5.74) is 5.58. The van der Waals surface area contributed by atoms with Crippen molar-refractivity contribution >= 4 is 12.0 Å². The van der Waals surface area contributed by atoms with Crippen LogP contribution in [0.4, 0.5) is 0 Å². The van der Waals surface area contributed by atoms with Gasteiger partial charge in [-0.2, -0.15) is 0 Å². The van der Waals surface area contributed by atoms with E-state index in [4.69, 9.17) is 0 Å². The summed E-state index contributed by atoms with van der Waals surface area (Å²) in [4.78, 5) is 11.3. The number of methoxy groups -OCH3 is 1. The minimum atomic E-state index is -0.313. The van der Waals surface area contributed by atoms with E-state index in [-0.39, 0.29) is 16.8 Å². The number of ether oxygens (including phenoxy) is 1. The van der Waals surface area contributed by atoms with Gasteiger partial charge in [-0.3, -0.25) is 0 Å². The fourth-order valence-electron chi connectivity index (χ4n) is 3.14. The molecule has 0 radical (unpaired) electrons. The first-order valence-corrected chi connectivity index (χ1v) is 7.59. The smallest absolute Gasteiger partial charge is 0.330 e. The summed E-state index contributed by atoms with van der Waals surface area (Å²) in [6.07, 6.45) is 5.76. The van der Waals surface area contributed by atoms with Gasteiger partial charge in [0, 0.05) is 6.08 Å². The molecule has 0 saturated heterocycles. The largest absolute Gasteiger partial charge is 0.466 e. The van der Waals surface area contributed by atoms with E-state index in [1.54, 1.807) is 0 Å². The summed E-state index contributed by atoms with van der Waals surface area (Å²) >= 11 is 0. The molecule has 2 rings (SSSR count). The summed E-state index contributed by atoms with van der Waals surface area (Å²) in [5.74, 6) is -0.313. The van der Waals surface area contributed by atoms with Crippen molar-refractivity contribution in [1.82, 2.24) is 0 Å². The van der Waals surface area contributed by atoms with Crippen LogP contribution in [0.2, 0.25) is 0 Å². The van der Waals surface area contributed by atoms with E-state index < -0.39 is 0 Å². The van der Waals surface area contributed by atoms with E-state index in [0.717, 1.165) is 5.56 Å². The zero-order chi connectivity index (χ0) is 15.8. The van der Waals surface area contributed by atoms with Gasteiger partial charge < -0.3 is 4.74 Å². The number of hydrogen-bond acceptors (Lipinski definition) is 2. The van der Waals surface area contributed by atoms with Gasteiger partial charge in [0.05, 0.1) is 7.11 Å². The van der Waals surface area contributed by atoms with Gasteiger partial charge in [-0.1, -0.05) is 39.8 Å². The summed E-state index contributed by atoms with van der Waals surface area (Å²) in [6.45, 7) is 11.4. The highest BCUT2D eigenvalue weighted by atomic mass is 16.5. The Kier molecular flexibility index (Phi) is 4.01. The third-order valence-corrected chi connectivity index (χ3v) is 4.84. The van der Waals surface area contributed by atoms with E-state index >= 15 is 0 Å². The highest BCUT2D eigenvalue weighted by Gasteiger charge is 2.37. The standard InChI is InChI=1S/C19H26O2/c1-13-11-15-16(12-14(13)7-8-17(20)21-6)19(4,5)10-9-18(15,2)3/h7-8,11-12H,9-10H2,1-6H3/b8-7+. The zero-order valence-corrected chi connectivity index (χ0v) is 14.0. The maximum atomic E-state index is 11.3. The van der Waals surface area contributed by atoms with Gasteiger partial charge in [-0.15, -0.1) is 0 Å². The van der Waals surface area contributed by atoms with Crippen LogP contribution >= 0.6 is 0 Å². The minimum absolute atomic E-state index is 0.187. The molecule has 1 aromatic carbocycles. The minimum Gasteiger partial charge on any atom is -0.466 e. The van der Waals surface area contributed by atoms with Crippen molar-refractivity contribution < 1.29 is 9.53 Å². The van der Waals surface area contributed by atoms with Crippen LogP contribution in [-0.2, 0) is 20.4 Å². The van der Waals surface area contributed by atoms with Gasteiger partial charge >= 0.3 is 5.97 Å². The van der Waals surface area contributed by atoms with E-state index in [1.165, 1.54) is 42.7 Å². The molecule has 0 spiro atoms. The Morgan fingerprint density at radius 3 is 2.14 bits per heavy atom. The molecule has 0 aromatic heterocycles. The van der Waals surface area contributed by atoms with Crippen LogP contribution in [0.25, 0.3) is 6.08 Å². The Morgan fingerprint density at radius 1 is 1.10 bits per heavy atom. The molecule has 0 fully saturated rings. The summed E-state index contributed by atoms with van der Waals surface area (Å²) in [5, 5.41) is 0. The molecule has 0 unspecified atom stereocenters. The van der Waals surface area contributed by atoms with Crippen molar-refractivity contribution in [1.29, 1.82) is 0 Å². The number of carbonyl (C=O) groups excluding carboxylic acids is 1. The lowest BCUT2D eigenvalue weighted by atomic mass is 9.62. The second kappa shape index (κ2) is 5.32.